The van der Waals surface area contributed by atoms with Crippen molar-refractivity contribution in [2.75, 3.05) is 24.5 Å². The van der Waals surface area contributed by atoms with E-state index < -0.39 is 28.5 Å². The molecule has 3 rings (SSSR count). The first kappa shape index (κ1) is 33.6. The Morgan fingerprint density at radius 3 is 2.21 bits per heavy atom. The van der Waals surface area contributed by atoms with Gasteiger partial charge in [0, 0.05) is 13.1 Å². The van der Waals surface area contributed by atoms with Crippen LogP contribution < -0.4 is 14.4 Å². The minimum Gasteiger partial charge on any atom is -0.497 e. The number of rotatable bonds is 15. The molecule has 0 saturated heterocycles. The van der Waals surface area contributed by atoms with Gasteiger partial charge in [-0.2, -0.15) is 0 Å². The number of ether oxygens (including phenoxy) is 1. The van der Waals surface area contributed by atoms with Crippen molar-refractivity contribution in [2.45, 2.75) is 77.3 Å². The number of carbonyl (C=O) groups is 2. The summed E-state index contributed by atoms with van der Waals surface area (Å²) in [7, 11) is -2.56. The Balaban J connectivity index is 2.06. The highest BCUT2D eigenvalue weighted by Crippen LogP contribution is 2.27. The average molecular weight is 608 g/mol. The van der Waals surface area contributed by atoms with Crippen molar-refractivity contribution in [1.29, 1.82) is 0 Å². The summed E-state index contributed by atoms with van der Waals surface area (Å²) >= 11 is 0. The van der Waals surface area contributed by atoms with Gasteiger partial charge in [-0.25, -0.2) is 8.42 Å². The predicted molar refractivity (Wildman–Crippen MR) is 172 cm³/mol. The van der Waals surface area contributed by atoms with Gasteiger partial charge in [0.15, 0.2) is 0 Å². The number of aryl methyl sites for hydroxylation is 1. The Morgan fingerprint density at radius 1 is 0.953 bits per heavy atom. The van der Waals surface area contributed by atoms with E-state index in [0.717, 1.165) is 33.8 Å². The fraction of sp³-hybridized carbons (Fsp3) is 0.412. The number of carbonyl (C=O) groups excluding carboxylic acids is 2. The molecule has 232 valence electrons. The Hall–Kier alpha value is -3.85. The van der Waals surface area contributed by atoms with Crippen molar-refractivity contribution in [1.82, 2.24) is 10.2 Å². The number of benzene rings is 3. The molecule has 3 aromatic rings. The summed E-state index contributed by atoms with van der Waals surface area (Å²) in [6.45, 7) is 10.0. The third kappa shape index (κ3) is 8.83. The molecule has 0 unspecified atom stereocenters. The van der Waals surface area contributed by atoms with Gasteiger partial charge < -0.3 is 15.0 Å². The van der Waals surface area contributed by atoms with Gasteiger partial charge in [-0.1, -0.05) is 76.1 Å². The number of nitrogens with one attached hydrogen (secondary N) is 1. The molecule has 0 spiro atoms. The largest absolute Gasteiger partial charge is 0.497 e. The lowest BCUT2D eigenvalue weighted by atomic mass is 10.0. The van der Waals surface area contributed by atoms with Gasteiger partial charge in [0.05, 0.1) is 17.7 Å². The monoisotopic (exact) mass is 607 g/mol. The van der Waals surface area contributed by atoms with Crippen LogP contribution in [0, 0.1) is 6.92 Å². The summed E-state index contributed by atoms with van der Waals surface area (Å²) in [5.74, 6) is 0.136. The molecular weight excluding hydrogens is 562 g/mol. The maximum Gasteiger partial charge on any atom is 0.264 e. The Morgan fingerprint density at radius 2 is 1.63 bits per heavy atom. The molecule has 2 amide bonds. The van der Waals surface area contributed by atoms with Crippen molar-refractivity contribution in [3.05, 3.63) is 89.5 Å². The molecule has 0 heterocycles. The average Bonchev–Trinajstić information content (AvgIpc) is 3.00. The second-order valence-corrected chi connectivity index (χ2v) is 12.9. The number of hydrogen-bond acceptors (Lipinski definition) is 5. The lowest BCUT2D eigenvalue weighted by Crippen LogP contribution is -2.52. The van der Waals surface area contributed by atoms with Crippen LogP contribution in [0.4, 0.5) is 5.69 Å². The third-order valence-corrected chi connectivity index (χ3v) is 9.23. The molecule has 43 heavy (non-hydrogen) atoms. The first-order chi connectivity index (χ1) is 20.5. The van der Waals surface area contributed by atoms with E-state index in [1.807, 2.05) is 51.1 Å². The molecule has 0 saturated carbocycles. The summed E-state index contributed by atoms with van der Waals surface area (Å²) in [5.41, 5.74) is 3.12. The number of amides is 2. The quantitative estimate of drug-likeness (QED) is 0.212. The molecule has 0 radical (unpaired) electrons. The van der Waals surface area contributed by atoms with E-state index in [4.69, 9.17) is 4.74 Å². The molecule has 0 fully saturated rings. The second kappa shape index (κ2) is 15.6. The molecule has 3 aromatic carbocycles. The van der Waals surface area contributed by atoms with Crippen molar-refractivity contribution in [2.24, 2.45) is 0 Å². The third-order valence-electron chi connectivity index (χ3n) is 7.44. The Kier molecular flexibility index (Phi) is 12.2. The van der Waals surface area contributed by atoms with Crippen LogP contribution in [0.1, 0.15) is 69.6 Å². The second-order valence-electron chi connectivity index (χ2n) is 11.0. The highest BCUT2D eigenvalue weighted by molar-refractivity contribution is 7.92. The summed E-state index contributed by atoms with van der Waals surface area (Å²) in [5, 5.41) is 2.95. The van der Waals surface area contributed by atoms with E-state index >= 15 is 0 Å². The zero-order valence-corrected chi connectivity index (χ0v) is 27.0. The van der Waals surface area contributed by atoms with Crippen molar-refractivity contribution in [3.63, 3.8) is 0 Å². The predicted octanol–water partition coefficient (Wildman–Crippen LogP) is 6.05. The van der Waals surface area contributed by atoms with E-state index in [0.29, 0.717) is 24.4 Å². The summed E-state index contributed by atoms with van der Waals surface area (Å²) in [4.78, 5) is 29.2. The van der Waals surface area contributed by atoms with Crippen LogP contribution in [0.15, 0.2) is 77.7 Å². The van der Waals surface area contributed by atoms with Gasteiger partial charge in [-0.05, 0) is 73.2 Å². The zero-order valence-electron chi connectivity index (χ0n) is 26.2. The number of nitrogens with zero attached hydrogens (tertiary/aromatic N) is 2. The fourth-order valence-electron chi connectivity index (χ4n) is 4.78. The van der Waals surface area contributed by atoms with E-state index in [2.05, 4.69) is 19.2 Å². The van der Waals surface area contributed by atoms with Gasteiger partial charge in [0.1, 0.15) is 18.3 Å². The fourth-order valence-corrected chi connectivity index (χ4v) is 6.20. The van der Waals surface area contributed by atoms with E-state index in [1.54, 1.807) is 49.6 Å². The van der Waals surface area contributed by atoms with Crippen LogP contribution in [-0.4, -0.2) is 51.4 Å². The molecule has 9 heteroatoms. The molecule has 0 aliphatic carbocycles. The van der Waals surface area contributed by atoms with E-state index in [1.165, 1.54) is 4.90 Å². The SMILES string of the molecule is CCCCNC(=O)[C@@H](CC)N(Cc1cccc(OC)c1)C(=O)CN(c1ccc(C(C)C)cc1)S(=O)(=O)c1ccc(C)cc1. The van der Waals surface area contributed by atoms with E-state index in [-0.39, 0.29) is 23.3 Å². The molecule has 0 aliphatic rings. The summed E-state index contributed by atoms with van der Waals surface area (Å²) in [6, 6.07) is 20.3. The standard InChI is InChI=1S/C34H45N3O5S/c1-7-9-21-35-34(39)32(8-2)36(23-27-11-10-12-30(22-27)42-6)33(38)24-37(29-17-15-28(16-18-29)25(3)4)43(40,41)31-19-13-26(5)14-20-31/h10-20,22,25,32H,7-9,21,23-24H2,1-6H3,(H,35,39)/t32-/m1/s1. The summed E-state index contributed by atoms with van der Waals surface area (Å²) < 4.78 is 34.7. The van der Waals surface area contributed by atoms with Crippen LogP contribution in [-0.2, 0) is 26.2 Å². The van der Waals surface area contributed by atoms with Gasteiger partial charge in [0.25, 0.3) is 10.0 Å². The van der Waals surface area contributed by atoms with Gasteiger partial charge in [0.2, 0.25) is 11.8 Å². The number of methoxy groups -OCH3 is 1. The van der Waals surface area contributed by atoms with Gasteiger partial charge >= 0.3 is 0 Å². The highest BCUT2D eigenvalue weighted by Gasteiger charge is 2.33. The van der Waals surface area contributed by atoms with Crippen LogP contribution in [0.5, 0.6) is 5.75 Å². The van der Waals surface area contributed by atoms with Gasteiger partial charge in [-0.15, -0.1) is 0 Å². The molecular formula is C34H45N3O5S. The maximum atomic E-state index is 14.2. The first-order valence-electron chi connectivity index (χ1n) is 14.9. The number of hydrogen-bond donors (Lipinski definition) is 1. The number of anilines is 1. The topological polar surface area (TPSA) is 96.0 Å². The Labute approximate surface area is 257 Å². The van der Waals surface area contributed by atoms with Crippen LogP contribution in [0.2, 0.25) is 0 Å². The van der Waals surface area contributed by atoms with E-state index in [9.17, 15) is 18.0 Å². The maximum absolute atomic E-state index is 14.2. The van der Waals surface area contributed by atoms with Crippen LogP contribution in [0.25, 0.3) is 0 Å². The normalized spacial score (nSPS) is 12.1. The molecule has 0 bridgehead atoms. The molecule has 0 aliphatic heterocycles. The smallest absolute Gasteiger partial charge is 0.264 e. The van der Waals surface area contributed by atoms with Crippen molar-refractivity contribution in [3.8, 4) is 5.75 Å². The van der Waals surface area contributed by atoms with Crippen LogP contribution >= 0.6 is 0 Å². The molecule has 8 nitrogen and oxygen atoms in total. The van der Waals surface area contributed by atoms with Crippen molar-refractivity contribution >= 4 is 27.5 Å². The zero-order chi connectivity index (χ0) is 31.6. The molecule has 0 aromatic heterocycles. The number of sulfonamides is 1. The Bertz CT molecular complexity index is 1450. The summed E-state index contributed by atoms with van der Waals surface area (Å²) in [6.07, 6.45) is 2.10. The highest BCUT2D eigenvalue weighted by atomic mass is 32.2. The van der Waals surface area contributed by atoms with Crippen molar-refractivity contribution < 1.29 is 22.7 Å². The minimum absolute atomic E-state index is 0.0857. The lowest BCUT2D eigenvalue weighted by molar-refractivity contribution is -0.140. The van der Waals surface area contributed by atoms with Gasteiger partial charge in [-0.3, -0.25) is 13.9 Å². The minimum atomic E-state index is -4.12. The molecule has 1 N–H and O–H groups in total. The van der Waals surface area contributed by atoms with Crippen LogP contribution in [0.3, 0.4) is 0 Å². The lowest BCUT2D eigenvalue weighted by Gasteiger charge is -2.33. The first-order valence-corrected chi connectivity index (χ1v) is 16.3. The number of unbranched alkanes of at least 4 members (excludes halogenated alkanes) is 1. The molecule has 1 atom stereocenters.